The summed E-state index contributed by atoms with van der Waals surface area (Å²) in [6, 6.07) is 0. The Labute approximate surface area is 104 Å². The number of esters is 1. The summed E-state index contributed by atoms with van der Waals surface area (Å²) in [5.41, 5.74) is 6.07. The van der Waals surface area contributed by atoms with Crippen LogP contribution >= 0.6 is 0 Å². The molecule has 0 aromatic carbocycles. The molecule has 7 heteroatoms. The van der Waals surface area contributed by atoms with Crippen molar-refractivity contribution in [3.05, 3.63) is 23.9 Å². The normalized spacial score (nSPS) is 10.6. The number of nitrogen functional groups attached to an aromatic ring is 1. The van der Waals surface area contributed by atoms with Crippen LogP contribution in [0.3, 0.4) is 0 Å². The van der Waals surface area contributed by atoms with Crippen LogP contribution in [0.5, 0.6) is 0 Å². The minimum absolute atomic E-state index is 0.130. The fraction of sp³-hybridized carbons (Fsp3) is 0.364. The van der Waals surface area contributed by atoms with Crippen LogP contribution in [0.25, 0.3) is 5.95 Å². The number of aryl methyl sites for hydroxylation is 1. The molecule has 2 heterocycles. The first-order valence-electron chi connectivity index (χ1n) is 5.73. The van der Waals surface area contributed by atoms with E-state index in [1.54, 1.807) is 23.9 Å². The van der Waals surface area contributed by atoms with E-state index >= 15 is 0 Å². The van der Waals surface area contributed by atoms with Gasteiger partial charge < -0.3 is 15.5 Å². The lowest BCUT2D eigenvalue weighted by Crippen LogP contribution is -2.10. The number of carbonyl (C=O) groups is 1. The average molecular weight is 249 g/mol. The Morgan fingerprint density at radius 2 is 2.33 bits per heavy atom. The van der Waals surface area contributed by atoms with E-state index in [1.165, 1.54) is 0 Å². The first kappa shape index (κ1) is 12.2. The lowest BCUT2D eigenvalue weighted by atomic mass is 10.4. The molecule has 0 bridgehead atoms. The van der Waals surface area contributed by atoms with Gasteiger partial charge in [-0.2, -0.15) is 0 Å². The van der Waals surface area contributed by atoms with Gasteiger partial charge in [-0.25, -0.2) is 14.8 Å². The second kappa shape index (κ2) is 4.91. The SMILES string of the molecule is CCOC(=O)c1nc(CC)n(-c2ncc[nH]2)c1N. The molecule has 2 aromatic heterocycles. The lowest BCUT2D eigenvalue weighted by molar-refractivity contribution is 0.0521. The first-order valence-corrected chi connectivity index (χ1v) is 5.73. The number of rotatable bonds is 4. The molecule has 0 unspecified atom stereocenters. The molecule has 96 valence electrons. The highest BCUT2D eigenvalue weighted by Crippen LogP contribution is 2.19. The predicted octanol–water partition coefficient (Wildman–Crippen LogP) is 0.917. The quantitative estimate of drug-likeness (QED) is 0.785. The molecule has 0 spiro atoms. The molecule has 0 fully saturated rings. The van der Waals surface area contributed by atoms with Crippen LogP contribution in [0.4, 0.5) is 5.82 Å². The molecule has 0 radical (unpaired) electrons. The molecular weight excluding hydrogens is 234 g/mol. The molecule has 2 aromatic rings. The number of ether oxygens (including phenoxy) is 1. The van der Waals surface area contributed by atoms with Crippen LogP contribution in [0.1, 0.15) is 30.2 Å². The van der Waals surface area contributed by atoms with Gasteiger partial charge in [-0.3, -0.25) is 4.57 Å². The van der Waals surface area contributed by atoms with Gasteiger partial charge in [-0.05, 0) is 6.92 Å². The van der Waals surface area contributed by atoms with Gasteiger partial charge >= 0.3 is 5.97 Å². The van der Waals surface area contributed by atoms with Crippen molar-refractivity contribution in [3.63, 3.8) is 0 Å². The Balaban J connectivity index is 2.50. The van der Waals surface area contributed by atoms with E-state index in [-0.39, 0.29) is 18.1 Å². The van der Waals surface area contributed by atoms with E-state index in [0.29, 0.717) is 18.2 Å². The number of hydrogen-bond acceptors (Lipinski definition) is 5. The Morgan fingerprint density at radius 1 is 1.56 bits per heavy atom. The third kappa shape index (κ3) is 1.94. The lowest BCUT2D eigenvalue weighted by Gasteiger charge is -2.04. The zero-order valence-electron chi connectivity index (χ0n) is 10.3. The topological polar surface area (TPSA) is 98.8 Å². The van der Waals surface area contributed by atoms with E-state index in [4.69, 9.17) is 10.5 Å². The number of imidazole rings is 2. The summed E-state index contributed by atoms with van der Waals surface area (Å²) in [5, 5.41) is 0. The molecular formula is C11H15N5O2. The second-order valence-corrected chi connectivity index (χ2v) is 3.58. The van der Waals surface area contributed by atoms with Crippen molar-refractivity contribution in [2.45, 2.75) is 20.3 Å². The largest absolute Gasteiger partial charge is 0.461 e. The average Bonchev–Trinajstić information content (AvgIpc) is 2.96. The molecule has 0 amide bonds. The summed E-state index contributed by atoms with van der Waals surface area (Å²) in [6.07, 6.45) is 3.92. The van der Waals surface area contributed by atoms with Crippen LogP contribution in [-0.4, -0.2) is 32.1 Å². The van der Waals surface area contributed by atoms with Gasteiger partial charge in [0.2, 0.25) is 5.95 Å². The van der Waals surface area contributed by atoms with Gasteiger partial charge in [0.25, 0.3) is 0 Å². The second-order valence-electron chi connectivity index (χ2n) is 3.58. The molecule has 0 saturated heterocycles. The summed E-state index contributed by atoms with van der Waals surface area (Å²) < 4.78 is 6.53. The minimum Gasteiger partial charge on any atom is -0.461 e. The van der Waals surface area contributed by atoms with Crippen LogP contribution in [-0.2, 0) is 11.2 Å². The smallest absolute Gasteiger partial charge is 0.360 e. The Bertz CT molecular complexity index is 544. The van der Waals surface area contributed by atoms with E-state index in [0.717, 1.165) is 0 Å². The molecule has 0 atom stereocenters. The Morgan fingerprint density at radius 3 is 2.89 bits per heavy atom. The highest BCUT2D eigenvalue weighted by molar-refractivity contribution is 5.92. The molecule has 0 saturated carbocycles. The monoisotopic (exact) mass is 249 g/mol. The number of nitrogens with one attached hydrogen (secondary N) is 1. The number of carbonyl (C=O) groups excluding carboxylic acids is 1. The van der Waals surface area contributed by atoms with Crippen molar-refractivity contribution in [2.75, 3.05) is 12.3 Å². The minimum atomic E-state index is -0.519. The maximum Gasteiger partial charge on any atom is 0.360 e. The number of anilines is 1. The number of aromatic amines is 1. The van der Waals surface area contributed by atoms with E-state index < -0.39 is 5.97 Å². The molecule has 18 heavy (non-hydrogen) atoms. The van der Waals surface area contributed by atoms with Crippen molar-refractivity contribution in [3.8, 4) is 5.95 Å². The van der Waals surface area contributed by atoms with Gasteiger partial charge in [-0.1, -0.05) is 6.92 Å². The summed E-state index contributed by atoms with van der Waals surface area (Å²) in [6.45, 7) is 3.95. The highest BCUT2D eigenvalue weighted by Gasteiger charge is 2.22. The first-order chi connectivity index (χ1) is 8.69. The molecule has 3 N–H and O–H groups in total. The van der Waals surface area contributed by atoms with E-state index in [9.17, 15) is 4.79 Å². The number of hydrogen-bond donors (Lipinski definition) is 2. The highest BCUT2D eigenvalue weighted by atomic mass is 16.5. The van der Waals surface area contributed by atoms with E-state index in [2.05, 4.69) is 15.0 Å². The van der Waals surface area contributed by atoms with Gasteiger partial charge in [-0.15, -0.1) is 0 Å². The van der Waals surface area contributed by atoms with Crippen molar-refractivity contribution in [1.82, 2.24) is 19.5 Å². The fourth-order valence-corrected chi connectivity index (χ4v) is 1.68. The summed E-state index contributed by atoms with van der Waals surface area (Å²) >= 11 is 0. The summed E-state index contributed by atoms with van der Waals surface area (Å²) in [5.74, 6) is 0.910. The van der Waals surface area contributed by atoms with Crippen LogP contribution in [0, 0.1) is 0 Å². The third-order valence-electron chi connectivity index (χ3n) is 2.46. The van der Waals surface area contributed by atoms with Crippen molar-refractivity contribution in [2.24, 2.45) is 0 Å². The van der Waals surface area contributed by atoms with Crippen molar-refractivity contribution < 1.29 is 9.53 Å². The Hall–Kier alpha value is -2.31. The molecule has 7 nitrogen and oxygen atoms in total. The number of nitrogens with zero attached hydrogens (tertiary/aromatic N) is 3. The number of aromatic nitrogens is 4. The maximum absolute atomic E-state index is 11.7. The zero-order valence-corrected chi connectivity index (χ0v) is 10.3. The van der Waals surface area contributed by atoms with Crippen LogP contribution in [0.2, 0.25) is 0 Å². The van der Waals surface area contributed by atoms with Crippen molar-refractivity contribution in [1.29, 1.82) is 0 Å². The molecule has 0 aliphatic carbocycles. The fourth-order valence-electron chi connectivity index (χ4n) is 1.68. The zero-order chi connectivity index (χ0) is 13.1. The summed E-state index contributed by atoms with van der Waals surface area (Å²) in [7, 11) is 0. The molecule has 0 aliphatic heterocycles. The molecule has 0 aliphatic rings. The van der Waals surface area contributed by atoms with E-state index in [1.807, 2.05) is 6.92 Å². The number of H-pyrrole nitrogens is 1. The molecule has 2 rings (SSSR count). The van der Waals surface area contributed by atoms with Crippen molar-refractivity contribution >= 4 is 11.8 Å². The van der Waals surface area contributed by atoms with Gasteiger partial charge in [0.05, 0.1) is 6.61 Å². The van der Waals surface area contributed by atoms with Gasteiger partial charge in [0.15, 0.2) is 5.69 Å². The van der Waals surface area contributed by atoms with Gasteiger partial charge in [0.1, 0.15) is 11.6 Å². The standard InChI is InChI=1S/C11H15N5O2/c1-3-7-15-8(10(17)18-4-2)9(12)16(7)11-13-5-6-14-11/h5-6H,3-4,12H2,1-2H3,(H,13,14). The van der Waals surface area contributed by atoms with Crippen LogP contribution in [0.15, 0.2) is 12.4 Å². The third-order valence-corrected chi connectivity index (χ3v) is 2.46. The van der Waals surface area contributed by atoms with Gasteiger partial charge in [0, 0.05) is 18.8 Å². The van der Waals surface area contributed by atoms with Crippen LogP contribution < -0.4 is 5.73 Å². The predicted molar refractivity (Wildman–Crippen MR) is 65.5 cm³/mol. The maximum atomic E-state index is 11.7. The Kier molecular flexibility index (Phi) is 3.31. The summed E-state index contributed by atoms with van der Waals surface area (Å²) in [4.78, 5) is 23.0. The number of nitrogens with two attached hydrogens (primary N) is 1.